The highest BCUT2D eigenvalue weighted by molar-refractivity contribution is 7.16. The van der Waals surface area contributed by atoms with Crippen molar-refractivity contribution in [2.75, 3.05) is 25.7 Å². The van der Waals surface area contributed by atoms with Gasteiger partial charge in [-0.2, -0.15) is 0 Å². The highest BCUT2D eigenvalue weighted by atomic mass is 32.1. The lowest BCUT2D eigenvalue weighted by molar-refractivity contribution is -0.0997. The molecule has 3 heterocycles. The van der Waals surface area contributed by atoms with Gasteiger partial charge in [0.15, 0.2) is 11.6 Å². The summed E-state index contributed by atoms with van der Waals surface area (Å²) in [6.07, 6.45) is 1.51. The van der Waals surface area contributed by atoms with E-state index in [2.05, 4.69) is 15.4 Å². The van der Waals surface area contributed by atoms with E-state index < -0.39 is 5.60 Å². The fourth-order valence-corrected chi connectivity index (χ4v) is 3.15. The van der Waals surface area contributed by atoms with Crippen LogP contribution in [0, 0.1) is 0 Å². The minimum atomic E-state index is -0.470. The van der Waals surface area contributed by atoms with Crippen molar-refractivity contribution in [3.8, 4) is 0 Å². The fraction of sp³-hybridized carbons (Fsp3) is 0.500. The Bertz CT molecular complexity index is 580. The quantitative estimate of drug-likeness (QED) is 0.657. The van der Waals surface area contributed by atoms with E-state index in [0.29, 0.717) is 24.9 Å². The molecule has 6 nitrogen and oxygen atoms in total. The Balaban J connectivity index is 2.12. The maximum absolute atomic E-state index is 5.72. The van der Waals surface area contributed by atoms with Gasteiger partial charge in [-0.15, -0.1) is 11.3 Å². The second-order valence-corrected chi connectivity index (χ2v) is 5.38. The van der Waals surface area contributed by atoms with E-state index in [1.807, 2.05) is 11.4 Å². The number of aromatic nitrogens is 2. The second-order valence-electron chi connectivity index (χ2n) is 4.49. The molecule has 102 valence electrons. The Morgan fingerprint density at radius 1 is 1.42 bits per heavy atom. The van der Waals surface area contributed by atoms with E-state index in [1.54, 1.807) is 18.4 Å². The van der Waals surface area contributed by atoms with Crippen LogP contribution in [-0.2, 0) is 15.1 Å². The molecule has 3 rings (SSSR count). The minimum Gasteiger partial charge on any atom is -0.381 e. The molecular formula is C12H16N4O2S. The van der Waals surface area contributed by atoms with Gasteiger partial charge in [0.05, 0.1) is 5.39 Å². The molecule has 0 aromatic carbocycles. The molecule has 0 unspecified atom stereocenters. The normalized spacial score (nSPS) is 18.6. The van der Waals surface area contributed by atoms with Crippen molar-refractivity contribution in [1.82, 2.24) is 9.97 Å². The number of anilines is 1. The lowest BCUT2D eigenvalue weighted by Crippen LogP contribution is -2.37. The van der Waals surface area contributed by atoms with Crippen molar-refractivity contribution in [2.24, 2.45) is 5.84 Å². The SMILES string of the molecule is COC1(c2nc(NN)c3ccsc3n2)CCOCC1. The van der Waals surface area contributed by atoms with Crippen molar-refractivity contribution < 1.29 is 9.47 Å². The minimum absolute atomic E-state index is 0.470. The molecule has 0 atom stereocenters. The first-order valence-electron chi connectivity index (χ1n) is 6.14. The Morgan fingerprint density at radius 3 is 2.89 bits per heavy atom. The van der Waals surface area contributed by atoms with Gasteiger partial charge in [-0.1, -0.05) is 0 Å². The summed E-state index contributed by atoms with van der Waals surface area (Å²) in [7, 11) is 1.70. The first-order valence-corrected chi connectivity index (χ1v) is 7.02. The van der Waals surface area contributed by atoms with Crippen LogP contribution in [0.5, 0.6) is 0 Å². The standard InChI is InChI=1S/C12H16N4O2S/c1-17-12(3-5-18-6-4-12)11-14-9(16-13)8-2-7-19-10(8)15-11/h2,7H,3-6,13H2,1H3,(H,14,15,16). The second kappa shape index (κ2) is 5.01. The van der Waals surface area contributed by atoms with Gasteiger partial charge in [-0.05, 0) is 11.4 Å². The van der Waals surface area contributed by atoms with Crippen LogP contribution in [0.1, 0.15) is 18.7 Å². The average molecular weight is 280 g/mol. The zero-order valence-corrected chi connectivity index (χ0v) is 11.5. The molecule has 2 aromatic rings. The summed E-state index contributed by atoms with van der Waals surface area (Å²) in [5.41, 5.74) is 2.18. The van der Waals surface area contributed by atoms with Gasteiger partial charge in [-0.3, -0.25) is 0 Å². The van der Waals surface area contributed by atoms with Gasteiger partial charge in [-0.25, -0.2) is 15.8 Å². The van der Waals surface area contributed by atoms with Crippen LogP contribution in [0.4, 0.5) is 5.82 Å². The highest BCUT2D eigenvalue weighted by Gasteiger charge is 2.38. The van der Waals surface area contributed by atoms with E-state index in [9.17, 15) is 0 Å². The predicted octanol–water partition coefficient (Wildman–Crippen LogP) is 1.63. The molecule has 3 N–H and O–H groups in total. The summed E-state index contributed by atoms with van der Waals surface area (Å²) in [4.78, 5) is 10.1. The van der Waals surface area contributed by atoms with E-state index in [0.717, 1.165) is 23.1 Å². The van der Waals surface area contributed by atoms with Gasteiger partial charge < -0.3 is 14.9 Å². The molecule has 0 radical (unpaired) electrons. The lowest BCUT2D eigenvalue weighted by atomic mass is 9.93. The Morgan fingerprint density at radius 2 is 2.21 bits per heavy atom. The monoisotopic (exact) mass is 280 g/mol. The molecule has 1 fully saturated rings. The molecule has 0 bridgehead atoms. The molecule has 0 aliphatic carbocycles. The van der Waals surface area contributed by atoms with Crippen LogP contribution in [0.15, 0.2) is 11.4 Å². The van der Waals surface area contributed by atoms with Crippen molar-refractivity contribution in [3.05, 3.63) is 17.3 Å². The van der Waals surface area contributed by atoms with Gasteiger partial charge in [0, 0.05) is 33.2 Å². The summed E-state index contributed by atoms with van der Waals surface area (Å²) < 4.78 is 11.1. The third-order valence-corrected chi connectivity index (χ3v) is 4.37. The molecular weight excluding hydrogens is 264 g/mol. The number of rotatable bonds is 3. The number of nitrogen functional groups attached to an aromatic ring is 1. The van der Waals surface area contributed by atoms with Crippen LogP contribution in [-0.4, -0.2) is 30.3 Å². The summed E-state index contributed by atoms with van der Waals surface area (Å²) in [5, 5.41) is 2.92. The molecule has 1 saturated heterocycles. The molecule has 1 aliphatic heterocycles. The smallest absolute Gasteiger partial charge is 0.164 e. The van der Waals surface area contributed by atoms with Crippen molar-refractivity contribution >= 4 is 27.4 Å². The Kier molecular flexibility index (Phi) is 3.36. The highest BCUT2D eigenvalue weighted by Crippen LogP contribution is 2.36. The third-order valence-electron chi connectivity index (χ3n) is 3.56. The molecule has 1 aliphatic rings. The zero-order valence-electron chi connectivity index (χ0n) is 10.7. The predicted molar refractivity (Wildman–Crippen MR) is 74.0 cm³/mol. The lowest BCUT2D eigenvalue weighted by Gasteiger charge is -2.34. The average Bonchev–Trinajstić information content (AvgIpc) is 2.95. The van der Waals surface area contributed by atoms with Crippen LogP contribution < -0.4 is 11.3 Å². The number of nitrogens with zero attached hydrogens (tertiary/aromatic N) is 2. The molecule has 2 aromatic heterocycles. The molecule has 19 heavy (non-hydrogen) atoms. The third kappa shape index (κ3) is 2.08. The van der Waals surface area contributed by atoms with E-state index >= 15 is 0 Å². The van der Waals surface area contributed by atoms with Gasteiger partial charge >= 0.3 is 0 Å². The molecule has 0 amide bonds. The molecule has 0 saturated carbocycles. The number of hydrogen-bond acceptors (Lipinski definition) is 7. The van der Waals surface area contributed by atoms with Crippen molar-refractivity contribution in [2.45, 2.75) is 18.4 Å². The van der Waals surface area contributed by atoms with Gasteiger partial charge in [0.1, 0.15) is 10.4 Å². The maximum Gasteiger partial charge on any atom is 0.164 e. The largest absolute Gasteiger partial charge is 0.381 e. The van der Waals surface area contributed by atoms with Crippen molar-refractivity contribution in [1.29, 1.82) is 0 Å². The number of hydrazine groups is 1. The van der Waals surface area contributed by atoms with E-state index in [-0.39, 0.29) is 0 Å². The Labute approximate surface area is 114 Å². The summed E-state index contributed by atoms with van der Waals surface area (Å²) >= 11 is 1.57. The van der Waals surface area contributed by atoms with E-state index in [1.165, 1.54) is 0 Å². The number of nitrogens with two attached hydrogens (primary N) is 1. The number of thiophene rings is 1. The Hall–Kier alpha value is -1.28. The summed E-state index contributed by atoms with van der Waals surface area (Å²) in [6, 6.07) is 1.96. The van der Waals surface area contributed by atoms with Crippen LogP contribution in [0.25, 0.3) is 10.2 Å². The topological polar surface area (TPSA) is 82.3 Å². The zero-order chi connectivity index (χ0) is 13.3. The van der Waals surface area contributed by atoms with Gasteiger partial charge in [0.2, 0.25) is 0 Å². The molecule has 0 spiro atoms. The summed E-state index contributed by atoms with van der Waals surface area (Å²) in [5.74, 6) is 6.88. The number of fused-ring (bicyclic) bond motifs is 1. The number of ether oxygens (including phenoxy) is 2. The fourth-order valence-electron chi connectivity index (χ4n) is 2.39. The van der Waals surface area contributed by atoms with Crippen LogP contribution in [0.2, 0.25) is 0 Å². The summed E-state index contributed by atoms with van der Waals surface area (Å²) in [6.45, 7) is 1.32. The van der Waals surface area contributed by atoms with E-state index in [4.69, 9.17) is 15.3 Å². The number of hydrogen-bond donors (Lipinski definition) is 2. The van der Waals surface area contributed by atoms with Crippen LogP contribution in [0.3, 0.4) is 0 Å². The first kappa shape index (κ1) is 12.7. The number of nitrogens with one attached hydrogen (secondary N) is 1. The first-order chi connectivity index (χ1) is 9.29. The molecule has 7 heteroatoms. The van der Waals surface area contributed by atoms with Gasteiger partial charge in [0.25, 0.3) is 0 Å². The van der Waals surface area contributed by atoms with Crippen LogP contribution >= 0.6 is 11.3 Å². The maximum atomic E-state index is 5.72. The number of methoxy groups -OCH3 is 1. The van der Waals surface area contributed by atoms with Crippen molar-refractivity contribution in [3.63, 3.8) is 0 Å².